The SMILES string of the molecule is COC(=O)c1cc(F)c(F)cc1Nc1ccc(-n2ccnc2)nn1. The van der Waals surface area contributed by atoms with Crippen molar-refractivity contribution in [2.24, 2.45) is 0 Å². The Morgan fingerprint density at radius 3 is 2.62 bits per heavy atom. The smallest absolute Gasteiger partial charge is 0.340 e. The van der Waals surface area contributed by atoms with Crippen LogP contribution in [0.15, 0.2) is 43.0 Å². The fraction of sp³-hybridized carbons (Fsp3) is 0.0667. The van der Waals surface area contributed by atoms with E-state index in [1.165, 1.54) is 0 Å². The van der Waals surface area contributed by atoms with E-state index in [9.17, 15) is 13.6 Å². The number of aromatic nitrogens is 4. The first-order valence-electron chi connectivity index (χ1n) is 6.75. The molecule has 0 unspecified atom stereocenters. The molecule has 0 fully saturated rings. The van der Waals surface area contributed by atoms with Gasteiger partial charge < -0.3 is 10.1 Å². The van der Waals surface area contributed by atoms with Gasteiger partial charge in [0.15, 0.2) is 23.3 Å². The summed E-state index contributed by atoms with van der Waals surface area (Å²) in [6, 6.07) is 4.84. The molecule has 0 saturated carbocycles. The van der Waals surface area contributed by atoms with Gasteiger partial charge in [-0.15, -0.1) is 10.2 Å². The minimum Gasteiger partial charge on any atom is -0.465 e. The number of benzene rings is 1. The van der Waals surface area contributed by atoms with Crippen molar-refractivity contribution in [3.63, 3.8) is 0 Å². The summed E-state index contributed by atoms with van der Waals surface area (Å²) in [4.78, 5) is 15.6. The van der Waals surface area contributed by atoms with Crippen molar-refractivity contribution in [3.05, 3.63) is 60.2 Å². The lowest BCUT2D eigenvalue weighted by Gasteiger charge is -2.11. The average Bonchev–Trinajstić information content (AvgIpc) is 3.12. The molecule has 2 aromatic heterocycles. The molecule has 0 aliphatic carbocycles. The van der Waals surface area contributed by atoms with Crippen LogP contribution in [0.25, 0.3) is 5.82 Å². The van der Waals surface area contributed by atoms with E-state index in [0.29, 0.717) is 5.82 Å². The van der Waals surface area contributed by atoms with E-state index >= 15 is 0 Å². The third-order valence-electron chi connectivity index (χ3n) is 3.15. The predicted molar refractivity (Wildman–Crippen MR) is 80.1 cm³/mol. The highest BCUT2D eigenvalue weighted by molar-refractivity contribution is 5.96. The quantitative estimate of drug-likeness (QED) is 0.740. The number of carbonyl (C=O) groups is 1. The Kier molecular flexibility index (Phi) is 4.15. The van der Waals surface area contributed by atoms with E-state index in [2.05, 4.69) is 25.2 Å². The normalized spacial score (nSPS) is 10.5. The van der Waals surface area contributed by atoms with Gasteiger partial charge in [-0.25, -0.2) is 18.6 Å². The van der Waals surface area contributed by atoms with Crippen LogP contribution in [0.1, 0.15) is 10.4 Å². The standard InChI is InChI=1S/C15H11F2N5O2/c1-24-15(23)9-6-10(16)11(17)7-12(9)19-13-2-3-14(21-20-13)22-5-4-18-8-22/h2-8H,1H3,(H,19,20). The number of nitrogens with one attached hydrogen (secondary N) is 1. The molecule has 0 bridgehead atoms. The highest BCUT2D eigenvalue weighted by atomic mass is 19.2. The van der Waals surface area contributed by atoms with Gasteiger partial charge in [0.2, 0.25) is 0 Å². The summed E-state index contributed by atoms with van der Waals surface area (Å²) in [6.07, 6.45) is 4.85. The molecule has 1 aromatic carbocycles. The van der Waals surface area contributed by atoms with E-state index in [-0.39, 0.29) is 17.1 Å². The van der Waals surface area contributed by atoms with Gasteiger partial charge in [0, 0.05) is 18.5 Å². The van der Waals surface area contributed by atoms with Crippen LogP contribution in [-0.4, -0.2) is 32.8 Å². The minimum atomic E-state index is -1.15. The van der Waals surface area contributed by atoms with E-state index < -0.39 is 17.6 Å². The fourth-order valence-electron chi connectivity index (χ4n) is 1.99. The highest BCUT2D eigenvalue weighted by Crippen LogP contribution is 2.24. The molecule has 24 heavy (non-hydrogen) atoms. The maximum atomic E-state index is 13.5. The van der Waals surface area contributed by atoms with Crippen LogP contribution >= 0.6 is 0 Å². The second-order valence-corrected chi connectivity index (χ2v) is 4.68. The van der Waals surface area contributed by atoms with Gasteiger partial charge in [-0.2, -0.15) is 0 Å². The van der Waals surface area contributed by atoms with Gasteiger partial charge in [0.1, 0.15) is 6.33 Å². The topological polar surface area (TPSA) is 81.9 Å². The van der Waals surface area contributed by atoms with Gasteiger partial charge in [-0.1, -0.05) is 0 Å². The maximum Gasteiger partial charge on any atom is 0.340 e. The van der Waals surface area contributed by atoms with Crippen molar-refractivity contribution >= 4 is 17.5 Å². The molecule has 1 N–H and O–H groups in total. The molecular weight excluding hydrogens is 320 g/mol. The summed E-state index contributed by atoms with van der Waals surface area (Å²) in [5, 5.41) is 10.6. The molecule has 0 aliphatic heterocycles. The van der Waals surface area contributed by atoms with Crippen LogP contribution in [0.2, 0.25) is 0 Å². The molecule has 0 aliphatic rings. The number of ether oxygens (including phenoxy) is 1. The van der Waals surface area contributed by atoms with Crippen LogP contribution in [-0.2, 0) is 4.74 Å². The number of rotatable bonds is 4. The van der Waals surface area contributed by atoms with E-state index in [0.717, 1.165) is 19.2 Å². The number of hydrogen-bond acceptors (Lipinski definition) is 6. The molecule has 0 atom stereocenters. The molecule has 0 spiro atoms. The zero-order valence-corrected chi connectivity index (χ0v) is 12.4. The minimum absolute atomic E-state index is 0.0189. The maximum absolute atomic E-state index is 13.5. The van der Waals surface area contributed by atoms with Crippen molar-refractivity contribution < 1.29 is 18.3 Å². The number of imidazole rings is 1. The van der Waals surface area contributed by atoms with Crippen molar-refractivity contribution in [3.8, 4) is 5.82 Å². The second-order valence-electron chi connectivity index (χ2n) is 4.68. The third-order valence-corrected chi connectivity index (χ3v) is 3.15. The largest absolute Gasteiger partial charge is 0.465 e. The van der Waals surface area contributed by atoms with E-state index in [1.54, 1.807) is 35.4 Å². The number of anilines is 2. The number of methoxy groups -OCH3 is 1. The lowest BCUT2D eigenvalue weighted by molar-refractivity contribution is 0.0601. The highest BCUT2D eigenvalue weighted by Gasteiger charge is 2.17. The molecule has 0 amide bonds. The van der Waals surface area contributed by atoms with Crippen LogP contribution in [0.4, 0.5) is 20.3 Å². The average molecular weight is 331 g/mol. The first-order valence-corrected chi connectivity index (χ1v) is 6.75. The molecule has 0 radical (unpaired) electrons. The Bertz CT molecular complexity index is 866. The van der Waals surface area contributed by atoms with Crippen LogP contribution in [0, 0.1) is 11.6 Å². The molecule has 3 rings (SSSR count). The van der Waals surface area contributed by atoms with Crippen molar-refractivity contribution in [1.29, 1.82) is 0 Å². The molecule has 122 valence electrons. The van der Waals surface area contributed by atoms with Crippen molar-refractivity contribution in [2.45, 2.75) is 0 Å². The Morgan fingerprint density at radius 1 is 1.21 bits per heavy atom. The zero-order valence-electron chi connectivity index (χ0n) is 12.4. The molecule has 7 nitrogen and oxygen atoms in total. The Hall–Kier alpha value is -3.36. The van der Waals surface area contributed by atoms with Gasteiger partial charge in [0.05, 0.1) is 18.4 Å². The van der Waals surface area contributed by atoms with Gasteiger partial charge in [0.25, 0.3) is 0 Å². The summed E-state index contributed by atoms with van der Waals surface area (Å²) in [7, 11) is 1.15. The van der Waals surface area contributed by atoms with Crippen LogP contribution < -0.4 is 5.32 Å². The number of hydrogen-bond donors (Lipinski definition) is 1. The summed E-state index contributed by atoms with van der Waals surface area (Å²) in [5.41, 5.74) is -0.137. The molecular formula is C15H11F2N5O2. The Balaban J connectivity index is 1.90. The van der Waals surface area contributed by atoms with Gasteiger partial charge in [-0.3, -0.25) is 4.57 Å². The molecule has 9 heteroatoms. The first-order chi connectivity index (χ1) is 11.6. The Morgan fingerprint density at radius 2 is 2.00 bits per heavy atom. The molecule has 3 aromatic rings. The zero-order chi connectivity index (χ0) is 17.1. The molecule has 0 saturated heterocycles. The number of halogens is 2. The number of esters is 1. The van der Waals surface area contributed by atoms with Crippen LogP contribution in [0.5, 0.6) is 0 Å². The summed E-state index contributed by atoms with van der Waals surface area (Å²) >= 11 is 0. The molecule has 2 heterocycles. The third kappa shape index (κ3) is 3.05. The van der Waals surface area contributed by atoms with E-state index in [4.69, 9.17) is 0 Å². The summed E-state index contributed by atoms with van der Waals surface area (Å²) in [5.74, 6) is -2.29. The number of carbonyl (C=O) groups excluding carboxylic acids is 1. The van der Waals surface area contributed by atoms with Gasteiger partial charge >= 0.3 is 5.97 Å². The summed E-state index contributed by atoms with van der Waals surface area (Å²) < 4.78 is 33.0. The van der Waals surface area contributed by atoms with Gasteiger partial charge in [-0.05, 0) is 18.2 Å². The predicted octanol–water partition coefficient (Wildman–Crippen LogP) is 2.47. The van der Waals surface area contributed by atoms with Crippen molar-refractivity contribution in [1.82, 2.24) is 19.7 Å². The summed E-state index contributed by atoms with van der Waals surface area (Å²) in [6.45, 7) is 0. The second kappa shape index (κ2) is 6.41. The first kappa shape index (κ1) is 15.5. The van der Waals surface area contributed by atoms with Crippen LogP contribution in [0.3, 0.4) is 0 Å². The fourth-order valence-corrected chi connectivity index (χ4v) is 1.99. The van der Waals surface area contributed by atoms with E-state index in [1.807, 2.05) is 0 Å². The number of nitrogens with zero attached hydrogens (tertiary/aromatic N) is 4. The lowest BCUT2D eigenvalue weighted by Crippen LogP contribution is -2.08. The lowest BCUT2D eigenvalue weighted by atomic mass is 10.1. The van der Waals surface area contributed by atoms with Crippen molar-refractivity contribution in [2.75, 3.05) is 12.4 Å². The Labute approximate surface area is 134 Å². The monoisotopic (exact) mass is 331 g/mol.